The van der Waals surface area contributed by atoms with Crippen LogP contribution in [0.1, 0.15) is 79.6 Å². The van der Waals surface area contributed by atoms with Gasteiger partial charge in [-0.25, -0.2) is 4.79 Å². The van der Waals surface area contributed by atoms with Gasteiger partial charge in [-0.1, -0.05) is 62.4 Å². The third-order valence-corrected chi connectivity index (χ3v) is 8.25. The molecule has 2 aromatic carbocycles. The van der Waals surface area contributed by atoms with Crippen LogP contribution >= 0.6 is 11.8 Å². The summed E-state index contributed by atoms with van der Waals surface area (Å²) in [5, 5.41) is 31.7. The number of hydrogen-bond donors (Lipinski definition) is 4. The van der Waals surface area contributed by atoms with Crippen LogP contribution in [-0.2, 0) is 14.3 Å². The average Bonchev–Trinajstić information content (AvgIpc) is 2.97. The Labute approximate surface area is 247 Å². The van der Waals surface area contributed by atoms with Crippen molar-refractivity contribution in [1.29, 1.82) is 0 Å². The quantitative estimate of drug-likeness (QED) is 0.194. The molecular weight excluding hydrogens is 542 g/mol. The molecule has 1 saturated carbocycles. The number of aryl methyl sites for hydroxylation is 1. The molecule has 2 aromatic rings. The topological polar surface area (TPSA) is 125 Å². The fraction of sp³-hybridized carbons (Fsp3) is 0.562. The molecule has 1 amide bonds. The van der Waals surface area contributed by atoms with E-state index in [-0.39, 0.29) is 12.7 Å². The van der Waals surface area contributed by atoms with Crippen molar-refractivity contribution in [2.45, 2.75) is 83.3 Å². The lowest BCUT2D eigenvalue weighted by molar-refractivity contribution is -0.189. The zero-order chi connectivity index (χ0) is 29.8. The Balaban J connectivity index is 1.95. The van der Waals surface area contributed by atoms with E-state index >= 15 is 0 Å². The van der Waals surface area contributed by atoms with Crippen molar-refractivity contribution in [2.75, 3.05) is 25.2 Å². The number of aliphatic carboxylic acids is 1. The maximum atomic E-state index is 13.5. The van der Waals surface area contributed by atoms with Crippen molar-refractivity contribution in [1.82, 2.24) is 5.32 Å². The monoisotopic (exact) mass is 587 g/mol. The number of thioether (sulfide) groups is 1. The maximum absolute atomic E-state index is 13.5. The van der Waals surface area contributed by atoms with Crippen molar-refractivity contribution in [3.05, 3.63) is 59.2 Å². The van der Waals surface area contributed by atoms with Gasteiger partial charge in [0.2, 0.25) is 0 Å². The number of carboxylic acids is 1. The summed E-state index contributed by atoms with van der Waals surface area (Å²) in [5.74, 6) is -0.333. The first-order valence-electron chi connectivity index (χ1n) is 14.5. The lowest BCUT2D eigenvalue weighted by atomic mass is 9.85. The van der Waals surface area contributed by atoms with Gasteiger partial charge >= 0.3 is 5.97 Å². The Kier molecular flexibility index (Phi) is 13.6. The first-order valence-corrected chi connectivity index (χ1v) is 15.9. The summed E-state index contributed by atoms with van der Waals surface area (Å²) in [6.07, 6.45) is 7.27. The van der Waals surface area contributed by atoms with E-state index in [0.717, 1.165) is 17.5 Å². The van der Waals surface area contributed by atoms with E-state index in [2.05, 4.69) is 5.32 Å². The Morgan fingerprint density at radius 2 is 1.83 bits per heavy atom. The lowest BCUT2D eigenvalue weighted by Crippen LogP contribution is -2.41. The minimum atomic E-state index is -1.07. The van der Waals surface area contributed by atoms with Gasteiger partial charge in [-0.05, 0) is 73.4 Å². The van der Waals surface area contributed by atoms with Crippen LogP contribution in [0.25, 0.3) is 11.1 Å². The van der Waals surface area contributed by atoms with Gasteiger partial charge in [-0.3, -0.25) is 4.79 Å². The van der Waals surface area contributed by atoms with E-state index in [0.29, 0.717) is 34.8 Å². The third-order valence-electron chi connectivity index (χ3n) is 7.61. The molecule has 0 saturated heterocycles. The zero-order valence-electron chi connectivity index (χ0n) is 24.4. The highest BCUT2D eigenvalue weighted by atomic mass is 32.2. The highest BCUT2D eigenvalue weighted by molar-refractivity contribution is 7.98. The summed E-state index contributed by atoms with van der Waals surface area (Å²) in [4.78, 5) is 25.3. The number of aliphatic hydroxyl groups excluding tert-OH is 2. The number of benzene rings is 2. The molecule has 4 unspecified atom stereocenters. The second-order valence-electron chi connectivity index (χ2n) is 11.0. The number of amides is 1. The molecule has 4 N–H and O–H groups in total. The molecule has 0 radical (unpaired) electrons. The highest BCUT2D eigenvalue weighted by Crippen LogP contribution is 2.34. The number of hydrogen-bond acceptors (Lipinski definition) is 7. The molecule has 3 rings (SSSR count). The summed E-state index contributed by atoms with van der Waals surface area (Å²) in [6.45, 7) is 3.43. The minimum Gasteiger partial charge on any atom is -0.480 e. The van der Waals surface area contributed by atoms with Gasteiger partial charge in [-0.2, -0.15) is 11.8 Å². The SMILES string of the molecule is CSCCC(NC(=O)c1ccc(C(OCC(O)CO)OC(C)CC2CCCCC2)cc1-c1ccccc1C)C(=O)O. The first kappa shape index (κ1) is 33.1. The van der Waals surface area contributed by atoms with Gasteiger partial charge in [-0.15, -0.1) is 0 Å². The van der Waals surface area contributed by atoms with Crippen LogP contribution < -0.4 is 5.32 Å². The molecule has 0 aromatic heterocycles. The fourth-order valence-electron chi connectivity index (χ4n) is 5.36. The fourth-order valence-corrected chi connectivity index (χ4v) is 5.83. The molecule has 9 heteroatoms. The van der Waals surface area contributed by atoms with Gasteiger partial charge in [0.15, 0.2) is 6.29 Å². The number of nitrogens with one attached hydrogen (secondary N) is 1. The van der Waals surface area contributed by atoms with Crippen molar-refractivity contribution < 1.29 is 34.4 Å². The summed E-state index contributed by atoms with van der Waals surface area (Å²) in [5.41, 5.74) is 3.43. The van der Waals surface area contributed by atoms with E-state index in [4.69, 9.17) is 9.47 Å². The van der Waals surface area contributed by atoms with Gasteiger partial charge in [0.05, 0.1) is 19.3 Å². The zero-order valence-corrected chi connectivity index (χ0v) is 25.2. The molecule has 0 heterocycles. The van der Waals surface area contributed by atoms with Crippen LogP contribution in [0, 0.1) is 12.8 Å². The van der Waals surface area contributed by atoms with Crippen LogP contribution in [0.3, 0.4) is 0 Å². The summed E-state index contributed by atoms with van der Waals surface area (Å²) in [7, 11) is 0. The van der Waals surface area contributed by atoms with Crippen LogP contribution in [0.15, 0.2) is 42.5 Å². The van der Waals surface area contributed by atoms with Crippen molar-refractivity contribution in [3.8, 4) is 11.1 Å². The normalized spacial score (nSPS) is 17.0. The number of carbonyl (C=O) groups is 2. The molecule has 1 aliphatic carbocycles. The van der Waals surface area contributed by atoms with Gasteiger partial charge in [0, 0.05) is 11.1 Å². The van der Waals surface area contributed by atoms with Crippen molar-refractivity contribution >= 4 is 23.6 Å². The van der Waals surface area contributed by atoms with E-state index in [9.17, 15) is 24.9 Å². The lowest BCUT2D eigenvalue weighted by Gasteiger charge is -2.29. The second-order valence-corrected chi connectivity index (χ2v) is 11.9. The summed E-state index contributed by atoms with van der Waals surface area (Å²) >= 11 is 1.53. The summed E-state index contributed by atoms with van der Waals surface area (Å²) in [6, 6.07) is 12.0. The predicted octanol–water partition coefficient (Wildman–Crippen LogP) is 5.34. The second kappa shape index (κ2) is 16.9. The molecule has 0 aliphatic heterocycles. The largest absolute Gasteiger partial charge is 0.480 e. The van der Waals surface area contributed by atoms with Crippen molar-refractivity contribution in [2.24, 2.45) is 5.92 Å². The molecule has 4 atom stereocenters. The van der Waals surface area contributed by atoms with Crippen LogP contribution in [0.4, 0.5) is 0 Å². The summed E-state index contributed by atoms with van der Waals surface area (Å²) < 4.78 is 12.4. The standard InChI is InChI=1S/C32H45NO7S/c1-21-9-7-8-12-26(21)28-18-24(13-14-27(28)30(36)33-29(31(37)38)15-16-41-3)32(39-20-25(35)19-34)40-22(2)17-23-10-5-4-6-11-23/h7-9,12-14,18,22-23,25,29,32,34-35H,4-6,10-11,15-17,19-20H2,1-3H3,(H,33,36)(H,37,38). The van der Waals surface area contributed by atoms with Crippen LogP contribution in [0.2, 0.25) is 0 Å². The molecule has 226 valence electrons. The molecule has 8 nitrogen and oxygen atoms in total. The van der Waals surface area contributed by atoms with Crippen molar-refractivity contribution in [3.63, 3.8) is 0 Å². The smallest absolute Gasteiger partial charge is 0.326 e. The van der Waals surface area contributed by atoms with Gasteiger partial charge < -0.3 is 30.1 Å². The van der Waals surface area contributed by atoms with Gasteiger partial charge in [0.1, 0.15) is 12.1 Å². The molecule has 0 bridgehead atoms. The Morgan fingerprint density at radius 3 is 2.49 bits per heavy atom. The molecule has 1 aliphatic rings. The number of rotatable bonds is 16. The average molecular weight is 588 g/mol. The Bertz CT molecular complexity index is 1120. The minimum absolute atomic E-state index is 0.105. The number of ether oxygens (including phenoxy) is 2. The molecular formula is C32H45NO7S. The predicted molar refractivity (Wildman–Crippen MR) is 162 cm³/mol. The van der Waals surface area contributed by atoms with E-state index < -0.39 is 36.9 Å². The molecule has 41 heavy (non-hydrogen) atoms. The van der Waals surface area contributed by atoms with E-state index in [1.807, 2.05) is 50.4 Å². The number of carboxylic acid groups (broad SMARTS) is 1. The third kappa shape index (κ3) is 10.1. The maximum Gasteiger partial charge on any atom is 0.326 e. The number of carbonyl (C=O) groups excluding carboxylic acids is 1. The van der Waals surface area contributed by atoms with Crippen LogP contribution in [0.5, 0.6) is 0 Å². The first-order chi connectivity index (χ1) is 19.7. The Morgan fingerprint density at radius 1 is 1.10 bits per heavy atom. The van der Waals surface area contributed by atoms with Crippen LogP contribution in [-0.4, -0.2) is 70.7 Å². The Hall–Kier alpha value is -2.43. The van der Waals surface area contributed by atoms with E-state index in [1.165, 1.54) is 43.9 Å². The highest BCUT2D eigenvalue weighted by Gasteiger charge is 2.26. The van der Waals surface area contributed by atoms with E-state index in [1.54, 1.807) is 12.1 Å². The molecule has 1 fully saturated rings. The molecule has 0 spiro atoms. The van der Waals surface area contributed by atoms with Gasteiger partial charge in [0.25, 0.3) is 5.91 Å². The number of aliphatic hydroxyl groups is 2.